The van der Waals surface area contributed by atoms with Crippen LogP contribution in [0.4, 0.5) is 5.69 Å². The number of rotatable bonds is 5. The number of nitrogens with two attached hydrogens (primary N) is 1. The SMILES string of the molecule is COCCCOC(=O)c1ccc(N)c(Cl)c1. The summed E-state index contributed by atoms with van der Waals surface area (Å²) < 4.78 is 9.84. The van der Waals surface area contributed by atoms with Crippen LogP contribution in [-0.2, 0) is 9.47 Å². The van der Waals surface area contributed by atoms with Crippen LogP contribution in [0.25, 0.3) is 0 Å². The topological polar surface area (TPSA) is 61.5 Å². The van der Waals surface area contributed by atoms with Crippen LogP contribution < -0.4 is 5.73 Å². The molecule has 0 aliphatic heterocycles. The van der Waals surface area contributed by atoms with Crippen molar-refractivity contribution in [1.29, 1.82) is 0 Å². The van der Waals surface area contributed by atoms with Crippen molar-refractivity contribution in [2.75, 3.05) is 26.1 Å². The molecule has 0 saturated heterocycles. The molecule has 0 atom stereocenters. The lowest BCUT2D eigenvalue weighted by atomic mass is 10.2. The van der Waals surface area contributed by atoms with Gasteiger partial charge in [-0.2, -0.15) is 0 Å². The normalized spacial score (nSPS) is 10.1. The number of anilines is 1. The molecule has 0 aromatic heterocycles. The molecule has 88 valence electrons. The van der Waals surface area contributed by atoms with Crippen molar-refractivity contribution in [1.82, 2.24) is 0 Å². The summed E-state index contributed by atoms with van der Waals surface area (Å²) >= 11 is 5.79. The molecule has 2 N–H and O–H groups in total. The maximum absolute atomic E-state index is 11.5. The van der Waals surface area contributed by atoms with E-state index in [1.165, 1.54) is 6.07 Å². The lowest BCUT2D eigenvalue weighted by Crippen LogP contribution is -2.08. The van der Waals surface area contributed by atoms with Gasteiger partial charge < -0.3 is 15.2 Å². The van der Waals surface area contributed by atoms with Gasteiger partial charge in [0.1, 0.15) is 0 Å². The first-order chi connectivity index (χ1) is 7.65. The second kappa shape index (κ2) is 6.35. The molecule has 0 aliphatic carbocycles. The highest BCUT2D eigenvalue weighted by atomic mass is 35.5. The minimum absolute atomic E-state index is 0.328. The van der Waals surface area contributed by atoms with E-state index < -0.39 is 5.97 Å². The van der Waals surface area contributed by atoms with E-state index in [2.05, 4.69) is 0 Å². The van der Waals surface area contributed by atoms with Crippen LogP contribution in [0.1, 0.15) is 16.8 Å². The van der Waals surface area contributed by atoms with E-state index in [1.807, 2.05) is 0 Å². The number of hydrogen-bond donors (Lipinski definition) is 1. The second-order valence-corrected chi connectivity index (χ2v) is 3.63. The number of esters is 1. The van der Waals surface area contributed by atoms with Gasteiger partial charge in [-0.15, -0.1) is 0 Å². The van der Waals surface area contributed by atoms with Crippen molar-refractivity contribution < 1.29 is 14.3 Å². The zero-order valence-corrected chi connectivity index (χ0v) is 9.79. The van der Waals surface area contributed by atoms with Gasteiger partial charge in [0.25, 0.3) is 0 Å². The summed E-state index contributed by atoms with van der Waals surface area (Å²) in [4.78, 5) is 11.5. The van der Waals surface area contributed by atoms with Gasteiger partial charge >= 0.3 is 5.97 Å². The number of halogens is 1. The number of methoxy groups -OCH3 is 1. The molecule has 0 unspecified atom stereocenters. The van der Waals surface area contributed by atoms with Crippen molar-refractivity contribution in [2.24, 2.45) is 0 Å². The Morgan fingerprint density at radius 2 is 2.19 bits per heavy atom. The van der Waals surface area contributed by atoms with Gasteiger partial charge in [0, 0.05) is 20.1 Å². The average Bonchev–Trinajstić information content (AvgIpc) is 2.28. The van der Waals surface area contributed by atoms with Gasteiger partial charge in [-0.1, -0.05) is 11.6 Å². The van der Waals surface area contributed by atoms with E-state index in [0.717, 1.165) is 0 Å². The minimum atomic E-state index is -0.405. The summed E-state index contributed by atoms with van der Waals surface area (Å²) in [6.07, 6.45) is 0.672. The molecule has 1 aromatic carbocycles. The fourth-order valence-corrected chi connectivity index (χ4v) is 1.29. The molecule has 1 rings (SSSR count). The second-order valence-electron chi connectivity index (χ2n) is 3.22. The molecule has 16 heavy (non-hydrogen) atoms. The molecule has 0 bridgehead atoms. The highest BCUT2D eigenvalue weighted by Gasteiger charge is 2.08. The Morgan fingerprint density at radius 3 is 2.81 bits per heavy atom. The van der Waals surface area contributed by atoms with Crippen LogP contribution in [0.15, 0.2) is 18.2 Å². The number of carbonyl (C=O) groups excluding carboxylic acids is 1. The molecule has 5 heteroatoms. The molecule has 0 radical (unpaired) electrons. The van der Waals surface area contributed by atoms with Gasteiger partial charge in [0.15, 0.2) is 0 Å². The molecular weight excluding hydrogens is 230 g/mol. The highest BCUT2D eigenvalue weighted by molar-refractivity contribution is 6.33. The molecule has 1 aromatic rings. The summed E-state index contributed by atoms with van der Waals surface area (Å²) in [5.74, 6) is -0.405. The van der Waals surface area contributed by atoms with Gasteiger partial charge in [-0.25, -0.2) is 4.79 Å². The smallest absolute Gasteiger partial charge is 0.338 e. The van der Waals surface area contributed by atoms with Crippen molar-refractivity contribution in [3.05, 3.63) is 28.8 Å². The Kier molecular flexibility index (Phi) is 5.08. The maximum Gasteiger partial charge on any atom is 0.338 e. The summed E-state index contributed by atoms with van der Waals surface area (Å²) in [6, 6.07) is 4.66. The van der Waals surface area contributed by atoms with Gasteiger partial charge in [0.05, 0.1) is 22.9 Å². The number of carbonyl (C=O) groups is 1. The van der Waals surface area contributed by atoms with Crippen molar-refractivity contribution in [3.63, 3.8) is 0 Å². The Balaban J connectivity index is 2.50. The molecular formula is C11H14ClNO3. The predicted octanol–water partition coefficient (Wildman–Crippen LogP) is 2.12. The fraction of sp³-hybridized carbons (Fsp3) is 0.364. The van der Waals surface area contributed by atoms with Crippen LogP contribution in [0.5, 0.6) is 0 Å². The third-order valence-corrected chi connectivity index (χ3v) is 2.29. The summed E-state index contributed by atoms with van der Waals surface area (Å²) in [5, 5.41) is 0.353. The minimum Gasteiger partial charge on any atom is -0.462 e. The van der Waals surface area contributed by atoms with Gasteiger partial charge in [0.2, 0.25) is 0 Å². The van der Waals surface area contributed by atoms with Crippen molar-refractivity contribution >= 4 is 23.3 Å². The Morgan fingerprint density at radius 1 is 1.44 bits per heavy atom. The Hall–Kier alpha value is -1.26. The van der Waals surface area contributed by atoms with Crippen molar-refractivity contribution in [3.8, 4) is 0 Å². The zero-order chi connectivity index (χ0) is 12.0. The van der Waals surface area contributed by atoms with E-state index >= 15 is 0 Å². The third-order valence-electron chi connectivity index (χ3n) is 1.96. The summed E-state index contributed by atoms with van der Waals surface area (Å²) in [5.41, 5.74) is 6.37. The largest absolute Gasteiger partial charge is 0.462 e. The average molecular weight is 244 g/mol. The van der Waals surface area contributed by atoms with Gasteiger partial charge in [-0.3, -0.25) is 0 Å². The molecule has 0 fully saturated rings. The third kappa shape index (κ3) is 3.72. The quantitative estimate of drug-likeness (QED) is 0.489. The molecule has 0 heterocycles. The Bertz CT molecular complexity index is 368. The maximum atomic E-state index is 11.5. The standard InChI is InChI=1S/C11H14ClNO3/c1-15-5-2-6-16-11(14)8-3-4-10(13)9(12)7-8/h3-4,7H,2,5-6,13H2,1H3. The van der Waals surface area contributed by atoms with E-state index in [4.69, 9.17) is 26.8 Å². The van der Waals surface area contributed by atoms with Crippen LogP contribution >= 0.6 is 11.6 Å². The molecule has 0 saturated carbocycles. The van der Waals surface area contributed by atoms with E-state index in [0.29, 0.717) is 35.9 Å². The fourth-order valence-electron chi connectivity index (χ4n) is 1.11. The molecule has 4 nitrogen and oxygen atoms in total. The van der Waals surface area contributed by atoms with Crippen molar-refractivity contribution in [2.45, 2.75) is 6.42 Å². The van der Waals surface area contributed by atoms with Gasteiger partial charge in [-0.05, 0) is 18.2 Å². The molecule has 0 spiro atoms. The van der Waals surface area contributed by atoms with E-state index in [9.17, 15) is 4.79 Å². The van der Waals surface area contributed by atoms with Crippen LogP contribution in [-0.4, -0.2) is 26.3 Å². The monoisotopic (exact) mass is 243 g/mol. The number of nitrogen functional groups attached to an aromatic ring is 1. The first kappa shape index (κ1) is 12.8. The first-order valence-electron chi connectivity index (χ1n) is 4.86. The summed E-state index contributed by atoms with van der Waals surface area (Å²) in [7, 11) is 1.60. The zero-order valence-electron chi connectivity index (χ0n) is 9.03. The number of benzene rings is 1. The molecule has 0 aliphatic rings. The van der Waals surface area contributed by atoms with Crippen LogP contribution in [0.2, 0.25) is 5.02 Å². The first-order valence-corrected chi connectivity index (χ1v) is 5.24. The summed E-state index contributed by atoms with van der Waals surface area (Å²) in [6.45, 7) is 0.893. The molecule has 0 amide bonds. The number of ether oxygens (including phenoxy) is 2. The van der Waals surface area contributed by atoms with Crippen LogP contribution in [0, 0.1) is 0 Å². The lowest BCUT2D eigenvalue weighted by molar-refractivity contribution is 0.0468. The predicted molar refractivity (Wildman–Crippen MR) is 62.6 cm³/mol. The highest BCUT2D eigenvalue weighted by Crippen LogP contribution is 2.20. The van der Waals surface area contributed by atoms with Crippen LogP contribution in [0.3, 0.4) is 0 Å². The van der Waals surface area contributed by atoms with E-state index in [1.54, 1.807) is 19.2 Å². The lowest BCUT2D eigenvalue weighted by Gasteiger charge is -2.05. The Labute approximate surface area is 99.3 Å². The van der Waals surface area contributed by atoms with E-state index in [-0.39, 0.29) is 0 Å². The number of hydrogen-bond acceptors (Lipinski definition) is 4.